The van der Waals surface area contributed by atoms with Gasteiger partial charge >= 0.3 is 0 Å². The number of carbonyl (C=O) groups is 1. The van der Waals surface area contributed by atoms with Crippen molar-refractivity contribution in [2.24, 2.45) is 5.10 Å². The van der Waals surface area contributed by atoms with Gasteiger partial charge in [-0.3, -0.25) is 15.0 Å². The maximum absolute atomic E-state index is 12.9. The zero-order valence-corrected chi connectivity index (χ0v) is 17.5. The molecule has 1 saturated heterocycles. The molecule has 2 aromatic carbocycles. The van der Waals surface area contributed by atoms with E-state index in [0.29, 0.717) is 29.0 Å². The molecule has 0 spiro atoms. The number of fused-ring (bicyclic) bond motifs is 1. The van der Waals surface area contributed by atoms with E-state index in [1.807, 2.05) is 49.3 Å². The summed E-state index contributed by atoms with van der Waals surface area (Å²) in [5.41, 5.74) is 5.54. The van der Waals surface area contributed by atoms with Crippen LogP contribution in [-0.4, -0.2) is 40.5 Å². The average Bonchev–Trinajstić information content (AvgIpc) is 3.15. The number of para-hydroxylation sites is 1. The summed E-state index contributed by atoms with van der Waals surface area (Å²) in [6.45, 7) is 3.25. The molecule has 0 bridgehead atoms. The first kappa shape index (κ1) is 19.6. The number of amides is 1. The lowest BCUT2D eigenvalue weighted by atomic mass is 10.0. The second-order valence-electron chi connectivity index (χ2n) is 7.55. The van der Waals surface area contributed by atoms with Crippen molar-refractivity contribution in [1.82, 2.24) is 20.1 Å². The first-order valence-electron chi connectivity index (χ1n) is 9.75. The van der Waals surface area contributed by atoms with E-state index in [-0.39, 0.29) is 17.5 Å². The molecule has 4 rings (SSSR count). The van der Waals surface area contributed by atoms with Crippen LogP contribution >= 0.6 is 0 Å². The predicted molar refractivity (Wildman–Crippen MR) is 117 cm³/mol. The number of nitrogens with zero attached hydrogens (tertiary/aromatic N) is 5. The molecule has 1 N–H and O–H groups in total. The van der Waals surface area contributed by atoms with Crippen LogP contribution in [0.5, 0.6) is 0 Å². The standard InChI is InChI=1S/C22H24N6O2/c1-14-23-19-8-6-5-7-18(19)22(30)27(14)24-21-13-20(28(25-21)15(2)29)16-9-11-17(12-10-16)26(3)4/h5-12,20H,13H2,1-4H3,(H,24,25). The fourth-order valence-electron chi connectivity index (χ4n) is 3.63. The molecule has 0 saturated carbocycles. The van der Waals surface area contributed by atoms with Gasteiger partial charge in [0.05, 0.1) is 16.9 Å². The van der Waals surface area contributed by atoms with Crippen molar-refractivity contribution in [3.63, 3.8) is 0 Å². The highest BCUT2D eigenvalue weighted by molar-refractivity contribution is 5.89. The molecule has 2 heterocycles. The van der Waals surface area contributed by atoms with Gasteiger partial charge in [-0.1, -0.05) is 24.3 Å². The van der Waals surface area contributed by atoms with Gasteiger partial charge in [-0.2, -0.15) is 4.68 Å². The average molecular weight is 404 g/mol. The van der Waals surface area contributed by atoms with Crippen LogP contribution in [0, 0.1) is 6.92 Å². The molecule has 8 heteroatoms. The quantitative estimate of drug-likeness (QED) is 0.725. The highest BCUT2D eigenvalue weighted by Gasteiger charge is 2.32. The fourth-order valence-corrected chi connectivity index (χ4v) is 3.63. The summed E-state index contributed by atoms with van der Waals surface area (Å²) in [6, 6.07) is 15.0. The van der Waals surface area contributed by atoms with Crippen molar-refractivity contribution in [2.75, 3.05) is 19.0 Å². The van der Waals surface area contributed by atoms with E-state index >= 15 is 0 Å². The van der Waals surface area contributed by atoms with Gasteiger partial charge in [0.1, 0.15) is 11.7 Å². The minimum atomic E-state index is -0.236. The number of rotatable bonds is 3. The van der Waals surface area contributed by atoms with Gasteiger partial charge in [0, 0.05) is 33.1 Å². The molecule has 1 fully saturated rings. The predicted octanol–water partition coefficient (Wildman–Crippen LogP) is 2.43. The molecule has 0 aliphatic carbocycles. The van der Waals surface area contributed by atoms with Crippen LogP contribution in [0.25, 0.3) is 10.9 Å². The molecule has 1 unspecified atom stereocenters. The van der Waals surface area contributed by atoms with Crippen molar-refractivity contribution in [2.45, 2.75) is 26.3 Å². The molecule has 3 aromatic rings. The van der Waals surface area contributed by atoms with Crippen LogP contribution in [0.1, 0.15) is 30.8 Å². The third-order valence-corrected chi connectivity index (χ3v) is 5.22. The molecule has 0 radical (unpaired) electrons. The highest BCUT2D eigenvalue weighted by atomic mass is 16.2. The van der Waals surface area contributed by atoms with Crippen LogP contribution in [-0.2, 0) is 4.79 Å². The summed E-state index contributed by atoms with van der Waals surface area (Å²) in [5, 5.41) is 6.56. The van der Waals surface area contributed by atoms with E-state index in [1.54, 1.807) is 30.1 Å². The first-order chi connectivity index (χ1) is 14.3. The number of hydrazine groups is 1. The number of hydrogen-bond acceptors (Lipinski definition) is 5. The summed E-state index contributed by atoms with van der Waals surface area (Å²) in [6.07, 6.45) is 0.472. The number of anilines is 1. The van der Waals surface area contributed by atoms with Crippen molar-refractivity contribution < 1.29 is 4.79 Å². The lowest BCUT2D eigenvalue weighted by Crippen LogP contribution is -2.39. The van der Waals surface area contributed by atoms with E-state index in [2.05, 4.69) is 15.5 Å². The van der Waals surface area contributed by atoms with E-state index < -0.39 is 0 Å². The minimum absolute atomic E-state index is 0.123. The second kappa shape index (κ2) is 7.62. The monoisotopic (exact) mass is 404 g/mol. The van der Waals surface area contributed by atoms with E-state index in [0.717, 1.165) is 11.3 Å². The molecule has 154 valence electrons. The smallest absolute Gasteiger partial charge is 0.282 e. The van der Waals surface area contributed by atoms with Gasteiger partial charge < -0.3 is 4.90 Å². The lowest BCUT2D eigenvalue weighted by molar-refractivity contribution is -0.132. The Bertz CT molecular complexity index is 1200. The molecule has 1 atom stereocenters. The van der Waals surface area contributed by atoms with Crippen LogP contribution in [0.4, 0.5) is 5.69 Å². The molecular weight excluding hydrogens is 380 g/mol. The summed E-state index contributed by atoms with van der Waals surface area (Å²) >= 11 is 0. The normalized spacial score (nSPS) is 17.4. The molecule has 30 heavy (non-hydrogen) atoms. The summed E-state index contributed by atoms with van der Waals surface area (Å²) in [4.78, 5) is 31.6. The van der Waals surface area contributed by atoms with E-state index in [9.17, 15) is 9.59 Å². The fraction of sp³-hybridized carbons (Fsp3) is 0.273. The Labute approximate surface area is 174 Å². The van der Waals surface area contributed by atoms with Gasteiger partial charge in [0.15, 0.2) is 0 Å². The van der Waals surface area contributed by atoms with Crippen LogP contribution < -0.4 is 15.9 Å². The third kappa shape index (κ3) is 3.52. The van der Waals surface area contributed by atoms with Gasteiger partial charge in [-0.15, -0.1) is 5.10 Å². The number of carbonyl (C=O) groups excluding carboxylic acids is 1. The molecule has 1 aliphatic heterocycles. The largest absolute Gasteiger partial charge is 0.378 e. The van der Waals surface area contributed by atoms with Crippen molar-refractivity contribution in [3.8, 4) is 0 Å². The minimum Gasteiger partial charge on any atom is -0.378 e. The number of nitrogens with one attached hydrogen (secondary N) is 1. The summed E-state index contributed by atoms with van der Waals surface area (Å²) in [7, 11) is 3.97. The SMILES string of the molecule is CC(=O)N1N/C(=N/n2c(C)nc3ccccc3c2=O)CC1c1ccc(N(C)C)cc1. The Morgan fingerprint density at radius 1 is 1.17 bits per heavy atom. The van der Waals surface area contributed by atoms with E-state index in [4.69, 9.17) is 0 Å². The number of aryl methyl sites for hydroxylation is 1. The Morgan fingerprint density at radius 2 is 1.87 bits per heavy atom. The van der Waals surface area contributed by atoms with E-state index in [1.165, 1.54) is 11.6 Å². The van der Waals surface area contributed by atoms with Crippen LogP contribution in [0.15, 0.2) is 58.4 Å². The van der Waals surface area contributed by atoms with Gasteiger partial charge in [-0.25, -0.2) is 9.99 Å². The van der Waals surface area contributed by atoms with Crippen LogP contribution in [0.2, 0.25) is 0 Å². The number of benzene rings is 2. The summed E-state index contributed by atoms with van der Waals surface area (Å²) in [5.74, 6) is 0.901. The zero-order valence-electron chi connectivity index (χ0n) is 17.5. The Balaban J connectivity index is 1.71. The second-order valence-corrected chi connectivity index (χ2v) is 7.55. The number of amidine groups is 1. The van der Waals surface area contributed by atoms with Gasteiger partial charge in [0.2, 0.25) is 5.91 Å². The summed E-state index contributed by atoms with van der Waals surface area (Å²) < 4.78 is 1.29. The van der Waals surface area contributed by atoms with Gasteiger partial charge in [-0.05, 0) is 36.8 Å². The van der Waals surface area contributed by atoms with Crippen molar-refractivity contribution >= 4 is 28.3 Å². The molecule has 1 aliphatic rings. The Hall–Kier alpha value is -3.68. The number of hydrogen-bond donors (Lipinski definition) is 1. The third-order valence-electron chi connectivity index (χ3n) is 5.22. The first-order valence-corrected chi connectivity index (χ1v) is 9.75. The zero-order chi connectivity index (χ0) is 21.4. The highest BCUT2D eigenvalue weighted by Crippen LogP contribution is 2.29. The topological polar surface area (TPSA) is 82.8 Å². The Morgan fingerprint density at radius 3 is 2.53 bits per heavy atom. The van der Waals surface area contributed by atoms with Crippen molar-refractivity contribution in [1.29, 1.82) is 0 Å². The molecule has 1 aromatic heterocycles. The number of aromatic nitrogens is 2. The van der Waals surface area contributed by atoms with Crippen molar-refractivity contribution in [3.05, 3.63) is 70.3 Å². The molecule has 8 nitrogen and oxygen atoms in total. The molecule has 1 amide bonds. The Kier molecular flexibility index (Phi) is 4.99. The maximum Gasteiger partial charge on any atom is 0.282 e. The van der Waals surface area contributed by atoms with Gasteiger partial charge in [0.25, 0.3) is 5.56 Å². The lowest BCUT2D eigenvalue weighted by Gasteiger charge is -2.23. The molecular formula is C22H24N6O2. The maximum atomic E-state index is 12.9. The van der Waals surface area contributed by atoms with Crippen LogP contribution in [0.3, 0.4) is 0 Å².